The first-order valence-electron chi connectivity index (χ1n) is 7.24. The topological polar surface area (TPSA) is 75.2 Å². The molecule has 0 bridgehead atoms. The van der Waals surface area contributed by atoms with Crippen LogP contribution in [0.2, 0.25) is 10.0 Å². The Morgan fingerprint density at radius 3 is 2.58 bits per heavy atom. The molecule has 11 heteroatoms. The van der Waals surface area contributed by atoms with Gasteiger partial charge in [0.15, 0.2) is 5.82 Å². The van der Waals surface area contributed by atoms with Gasteiger partial charge >= 0.3 is 6.18 Å². The summed E-state index contributed by atoms with van der Waals surface area (Å²) in [7, 11) is 1.70. The second-order valence-corrected chi connectivity index (χ2v) is 6.32. The highest BCUT2D eigenvalue weighted by molar-refractivity contribution is 6.46. The minimum absolute atomic E-state index is 0.0422. The third-order valence-electron chi connectivity index (χ3n) is 4.01. The number of aromatic amines is 2. The van der Waals surface area contributed by atoms with Crippen LogP contribution in [0.3, 0.4) is 0 Å². The Kier molecular flexibility index (Phi) is 3.74. The number of nitrogens with one attached hydrogen (secondary N) is 2. The summed E-state index contributed by atoms with van der Waals surface area (Å²) in [4.78, 5) is 3.61. The molecule has 0 radical (unpaired) electrons. The standard InChI is InChI=1S/C15H9Cl2F3N6/c1-26-8-3-2-7(16)11(17)10(8)9(6-4-21-22-5-6)12(26)13-23-14(25-24-13)15(18,19)20/h2-5H,1H3,(H,21,22)(H,23,24,25). The largest absolute Gasteiger partial charge is 0.453 e. The number of halogens is 5. The summed E-state index contributed by atoms with van der Waals surface area (Å²) in [5.74, 6) is -1.29. The quantitative estimate of drug-likeness (QED) is 0.512. The van der Waals surface area contributed by atoms with Crippen molar-refractivity contribution in [3.05, 3.63) is 40.4 Å². The van der Waals surface area contributed by atoms with Crippen molar-refractivity contribution in [1.29, 1.82) is 0 Å². The molecule has 0 fully saturated rings. The van der Waals surface area contributed by atoms with Crippen LogP contribution in [0.25, 0.3) is 33.5 Å². The van der Waals surface area contributed by atoms with Crippen molar-refractivity contribution in [3.8, 4) is 22.6 Å². The Bertz CT molecular complexity index is 1110. The second-order valence-electron chi connectivity index (χ2n) is 5.53. The van der Waals surface area contributed by atoms with E-state index >= 15 is 0 Å². The minimum Gasteiger partial charge on any atom is -0.340 e. The lowest BCUT2D eigenvalue weighted by atomic mass is 10.0. The van der Waals surface area contributed by atoms with Gasteiger partial charge in [0.1, 0.15) is 0 Å². The van der Waals surface area contributed by atoms with Crippen molar-refractivity contribution in [1.82, 2.24) is 29.9 Å². The van der Waals surface area contributed by atoms with E-state index < -0.39 is 12.0 Å². The van der Waals surface area contributed by atoms with E-state index in [9.17, 15) is 13.2 Å². The second kappa shape index (κ2) is 5.75. The molecule has 0 saturated heterocycles. The SMILES string of the molecule is Cn1c(-c2nc(C(F)(F)F)n[nH]2)c(-c2cn[nH]c2)c2c(Cl)c(Cl)ccc21. The van der Waals surface area contributed by atoms with Gasteiger partial charge in [0.25, 0.3) is 5.82 Å². The molecule has 0 atom stereocenters. The van der Waals surface area contributed by atoms with Gasteiger partial charge in [-0.3, -0.25) is 10.2 Å². The molecule has 0 unspecified atom stereocenters. The molecule has 3 aromatic heterocycles. The third-order valence-corrected chi connectivity index (χ3v) is 4.81. The Morgan fingerprint density at radius 2 is 1.96 bits per heavy atom. The van der Waals surface area contributed by atoms with Gasteiger partial charge in [-0.1, -0.05) is 23.2 Å². The van der Waals surface area contributed by atoms with Crippen molar-refractivity contribution in [3.63, 3.8) is 0 Å². The molecule has 0 aliphatic carbocycles. The van der Waals surface area contributed by atoms with E-state index in [0.717, 1.165) is 0 Å². The minimum atomic E-state index is -4.66. The molecule has 0 aliphatic heterocycles. The molecule has 0 aliphatic rings. The van der Waals surface area contributed by atoms with Crippen molar-refractivity contribution in [2.75, 3.05) is 0 Å². The summed E-state index contributed by atoms with van der Waals surface area (Å²) >= 11 is 12.5. The van der Waals surface area contributed by atoms with E-state index in [-0.39, 0.29) is 10.8 Å². The van der Waals surface area contributed by atoms with E-state index in [4.69, 9.17) is 23.2 Å². The summed E-state index contributed by atoms with van der Waals surface area (Å²) in [6, 6.07) is 3.36. The van der Waals surface area contributed by atoms with E-state index in [0.29, 0.717) is 32.7 Å². The molecule has 2 N–H and O–H groups in total. The monoisotopic (exact) mass is 400 g/mol. The molecule has 134 valence electrons. The molecule has 3 heterocycles. The average molecular weight is 401 g/mol. The van der Waals surface area contributed by atoms with Crippen LogP contribution in [-0.2, 0) is 13.2 Å². The number of H-pyrrole nitrogens is 2. The lowest BCUT2D eigenvalue weighted by Crippen LogP contribution is -2.07. The number of benzene rings is 1. The maximum atomic E-state index is 12.9. The number of hydrogen-bond donors (Lipinski definition) is 2. The number of fused-ring (bicyclic) bond motifs is 1. The van der Waals surface area contributed by atoms with Gasteiger partial charge in [-0.25, -0.2) is 4.98 Å². The zero-order valence-corrected chi connectivity index (χ0v) is 14.5. The number of hydrogen-bond acceptors (Lipinski definition) is 3. The van der Waals surface area contributed by atoms with Crippen molar-refractivity contribution >= 4 is 34.1 Å². The van der Waals surface area contributed by atoms with E-state index in [1.54, 1.807) is 29.9 Å². The van der Waals surface area contributed by atoms with E-state index in [1.807, 2.05) is 0 Å². The maximum absolute atomic E-state index is 12.9. The molecule has 6 nitrogen and oxygen atoms in total. The summed E-state index contributed by atoms with van der Waals surface area (Å²) in [5, 5.41) is 13.4. The highest BCUT2D eigenvalue weighted by Crippen LogP contribution is 2.44. The van der Waals surface area contributed by atoms with Gasteiger partial charge < -0.3 is 4.57 Å². The Morgan fingerprint density at radius 1 is 1.19 bits per heavy atom. The molecule has 4 aromatic rings. The predicted octanol–water partition coefficient (Wildman–Crippen LogP) is 4.68. The number of rotatable bonds is 2. The zero-order valence-electron chi connectivity index (χ0n) is 13.0. The zero-order chi connectivity index (χ0) is 18.6. The Labute approximate surface area is 153 Å². The molecule has 0 saturated carbocycles. The van der Waals surface area contributed by atoms with Crippen LogP contribution in [0.4, 0.5) is 13.2 Å². The third kappa shape index (κ3) is 2.46. The van der Waals surface area contributed by atoms with E-state index in [2.05, 4.69) is 25.4 Å². The van der Waals surface area contributed by atoms with Crippen LogP contribution in [0.5, 0.6) is 0 Å². The lowest BCUT2D eigenvalue weighted by Gasteiger charge is -2.03. The lowest BCUT2D eigenvalue weighted by molar-refractivity contribution is -0.144. The maximum Gasteiger partial charge on any atom is 0.453 e. The van der Waals surface area contributed by atoms with Crippen LogP contribution < -0.4 is 0 Å². The number of aryl methyl sites for hydroxylation is 1. The van der Waals surface area contributed by atoms with Crippen molar-refractivity contribution < 1.29 is 13.2 Å². The highest BCUT2D eigenvalue weighted by atomic mass is 35.5. The first-order valence-corrected chi connectivity index (χ1v) is 8.00. The smallest absolute Gasteiger partial charge is 0.340 e. The van der Waals surface area contributed by atoms with Crippen molar-refractivity contribution in [2.45, 2.75) is 6.18 Å². The van der Waals surface area contributed by atoms with Crippen LogP contribution >= 0.6 is 23.2 Å². The van der Waals surface area contributed by atoms with E-state index in [1.165, 1.54) is 6.20 Å². The van der Waals surface area contributed by atoms with Gasteiger partial charge in [0, 0.05) is 29.8 Å². The Balaban J connectivity index is 2.09. The van der Waals surface area contributed by atoms with Crippen LogP contribution in [-0.4, -0.2) is 29.9 Å². The normalized spacial score (nSPS) is 12.2. The number of alkyl halides is 3. The fourth-order valence-electron chi connectivity index (χ4n) is 2.90. The van der Waals surface area contributed by atoms with Crippen LogP contribution in [0, 0.1) is 0 Å². The summed E-state index contributed by atoms with van der Waals surface area (Å²) in [5.41, 5.74) is 2.23. The predicted molar refractivity (Wildman–Crippen MR) is 90.9 cm³/mol. The van der Waals surface area contributed by atoms with Gasteiger partial charge in [-0.15, -0.1) is 5.10 Å². The van der Waals surface area contributed by atoms with Gasteiger partial charge in [-0.2, -0.15) is 18.3 Å². The fraction of sp³-hybridized carbons (Fsp3) is 0.133. The summed E-state index contributed by atoms with van der Waals surface area (Å²) in [6.45, 7) is 0. The molecular weight excluding hydrogens is 392 g/mol. The van der Waals surface area contributed by atoms with Crippen molar-refractivity contribution in [2.24, 2.45) is 7.05 Å². The average Bonchev–Trinajstić information content (AvgIpc) is 3.29. The molecular formula is C15H9Cl2F3N6. The van der Waals surface area contributed by atoms with Gasteiger partial charge in [0.2, 0.25) is 0 Å². The van der Waals surface area contributed by atoms with Gasteiger partial charge in [-0.05, 0) is 12.1 Å². The number of aromatic nitrogens is 6. The highest BCUT2D eigenvalue weighted by Gasteiger charge is 2.37. The summed E-state index contributed by atoms with van der Waals surface area (Å²) in [6.07, 6.45) is -1.51. The van der Waals surface area contributed by atoms with Gasteiger partial charge in [0.05, 0.1) is 27.5 Å². The first kappa shape index (κ1) is 16.9. The molecule has 26 heavy (non-hydrogen) atoms. The van der Waals surface area contributed by atoms with Crippen LogP contribution in [0.15, 0.2) is 24.5 Å². The Hall–Kier alpha value is -2.52. The fourth-order valence-corrected chi connectivity index (χ4v) is 3.32. The first-order chi connectivity index (χ1) is 12.3. The molecule has 4 rings (SSSR count). The molecule has 1 aromatic carbocycles. The summed E-state index contributed by atoms with van der Waals surface area (Å²) < 4.78 is 40.4. The van der Waals surface area contributed by atoms with Crippen LogP contribution in [0.1, 0.15) is 5.82 Å². The molecule has 0 spiro atoms. The number of nitrogens with zero attached hydrogens (tertiary/aromatic N) is 4. The molecule has 0 amide bonds.